The number of para-hydroxylation sites is 1. The molecule has 1 atom stereocenters. The fourth-order valence-electron chi connectivity index (χ4n) is 4.32. The Kier molecular flexibility index (Phi) is 7.59. The number of hydrogen-bond acceptors (Lipinski definition) is 3. The van der Waals surface area contributed by atoms with Crippen molar-refractivity contribution in [2.24, 2.45) is 5.73 Å². The Morgan fingerprint density at radius 3 is 1.42 bits per heavy atom. The van der Waals surface area contributed by atoms with Crippen LogP contribution in [0.5, 0.6) is 0 Å². The summed E-state index contributed by atoms with van der Waals surface area (Å²) in [6.45, 7) is 0. The van der Waals surface area contributed by atoms with Gasteiger partial charge >= 0.3 is 0 Å². The van der Waals surface area contributed by atoms with Crippen molar-refractivity contribution < 1.29 is 22.1 Å². The van der Waals surface area contributed by atoms with Crippen LogP contribution < -0.4 is 34.1 Å². The van der Waals surface area contributed by atoms with Gasteiger partial charge in [-0.1, -0.05) is 66.7 Å². The van der Waals surface area contributed by atoms with Crippen molar-refractivity contribution in [1.82, 2.24) is 0 Å². The van der Waals surface area contributed by atoms with Gasteiger partial charge in [-0.3, -0.25) is 14.9 Å². The Morgan fingerprint density at radius 1 is 0.697 bits per heavy atom. The van der Waals surface area contributed by atoms with Gasteiger partial charge in [0.15, 0.2) is 5.66 Å². The average molecular weight is 477 g/mol. The van der Waals surface area contributed by atoms with Crippen LogP contribution in [0.3, 0.4) is 0 Å². The summed E-state index contributed by atoms with van der Waals surface area (Å²) < 4.78 is 0. The van der Waals surface area contributed by atoms with E-state index in [1.54, 1.807) is 18.2 Å². The number of benzene rings is 4. The van der Waals surface area contributed by atoms with Gasteiger partial charge in [-0.15, -0.1) is 0 Å². The van der Waals surface area contributed by atoms with E-state index in [4.69, 9.17) is 5.73 Å². The highest BCUT2D eigenvalue weighted by molar-refractivity contribution is 7.96. The van der Waals surface area contributed by atoms with E-state index in [2.05, 4.69) is 0 Å². The maximum Gasteiger partial charge on any atom is 0.277 e. The second kappa shape index (κ2) is 10.4. The third kappa shape index (κ3) is 4.38. The lowest BCUT2D eigenvalue weighted by molar-refractivity contribution is -0.385. The first kappa shape index (κ1) is 24.1. The lowest BCUT2D eigenvalue weighted by Crippen LogP contribution is -3.00. The molecule has 0 fully saturated rings. The molecule has 4 aromatic carbocycles. The molecule has 1 unspecified atom stereocenters. The lowest BCUT2D eigenvalue weighted by atomic mass is 10.1. The topological polar surface area (TPSA) is 86.2 Å². The number of rotatable bonds is 7. The summed E-state index contributed by atoms with van der Waals surface area (Å²) in [5, 5.41) is 14.7. The molecule has 0 bridgehead atoms. The van der Waals surface area contributed by atoms with Crippen molar-refractivity contribution >= 4 is 34.8 Å². The van der Waals surface area contributed by atoms with E-state index >= 15 is 0 Å². The summed E-state index contributed by atoms with van der Waals surface area (Å²) in [6.07, 6.45) is 0. The summed E-state index contributed by atoms with van der Waals surface area (Å²) in [4.78, 5) is 24.8. The number of nitro benzene ring substituents is 1. The predicted molar refractivity (Wildman–Crippen MR) is 130 cm³/mol. The van der Waals surface area contributed by atoms with E-state index in [9.17, 15) is 14.9 Å². The molecule has 33 heavy (non-hydrogen) atoms. The highest BCUT2D eigenvalue weighted by Crippen LogP contribution is 2.67. The number of amides is 1. The number of nitrogens with zero attached hydrogens (tertiary/aromatic N) is 1. The molecule has 0 saturated carbocycles. The minimum Gasteiger partial charge on any atom is -1.00 e. The van der Waals surface area contributed by atoms with Gasteiger partial charge in [-0.2, -0.15) is 0 Å². The molecule has 0 aromatic heterocycles. The largest absolute Gasteiger partial charge is 1.00 e. The molecule has 0 radical (unpaired) electrons. The van der Waals surface area contributed by atoms with Crippen molar-refractivity contribution in [1.29, 1.82) is 0 Å². The molecule has 0 aliphatic heterocycles. The minimum absolute atomic E-state index is 0. The van der Waals surface area contributed by atoms with E-state index in [0.717, 1.165) is 15.9 Å². The number of nitrogens with two attached hydrogens (primary N) is 1. The van der Waals surface area contributed by atoms with E-state index in [1.165, 1.54) is 6.07 Å². The standard InChI is InChI=1S/C26H21N2O3P.ClH/c27-26(29)25(23-18-10-11-19-24(23)28(30)31)32(20-12-4-1-5-13-20,21-14-6-2-7-15-21)22-16-8-3-9-17-22;/h1-19,25H,(H-,27,29);1H. The Hall–Kier alpha value is -3.53. The van der Waals surface area contributed by atoms with Crippen LogP contribution in [0, 0.1) is 10.1 Å². The number of hydrogen-bond donors (Lipinski definition) is 1. The molecule has 5 nitrogen and oxygen atoms in total. The van der Waals surface area contributed by atoms with Gasteiger partial charge in [0.2, 0.25) is 0 Å². The second-order valence-electron chi connectivity index (χ2n) is 7.35. The second-order valence-corrected chi connectivity index (χ2v) is 10.9. The third-order valence-corrected chi connectivity index (χ3v) is 10.2. The molecule has 0 heterocycles. The van der Waals surface area contributed by atoms with Gasteiger partial charge in [0.1, 0.15) is 23.2 Å². The fourth-order valence-corrected chi connectivity index (χ4v) is 9.05. The van der Waals surface area contributed by atoms with Crippen LogP contribution in [0.25, 0.3) is 0 Å². The smallest absolute Gasteiger partial charge is 0.277 e. The molecule has 0 aliphatic carbocycles. The van der Waals surface area contributed by atoms with Crippen molar-refractivity contribution in [2.45, 2.75) is 5.66 Å². The number of halogens is 1. The first-order chi connectivity index (χ1) is 15.6. The van der Waals surface area contributed by atoms with Crippen LogP contribution in [0.15, 0.2) is 115 Å². The van der Waals surface area contributed by atoms with Crippen molar-refractivity contribution in [3.05, 3.63) is 131 Å². The highest BCUT2D eigenvalue weighted by Gasteiger charge is 2.57. The van der Waals surface area contributed by atoms with Gasteiger partial charge in [-0.25, -0.2) is 0 Å². The molecule has 2 N–H and O–H groups in total. The van der Waals surface area contributed by atoms with Crippen LogP contribution in [0.1, 0.15) is 11.2 Å². The van der Waals surface area contributed by atoms with Gasteiger partial charge in [0, 0.05) is 6.07 Å². The Morgan fingerprint density at radius 2 is 1.06 bits per heavy atom. The van der Waals surface area contributed by atoms with Crippen LogP contribution in [-0.4, -0.2) is 10.8 Å². The van der Waals surface area contributed by atoms with Gasteiger partial charge in [-0.05, 0) is 42.5 Å². The maximum atomic E-state index is 13.3. The Bertz CT molecular complexity index is 1140. The molecule has 0 saturated heterocycles. The molecule has 4 rings (SSSR count). The number of nitro groups is 1. The summed E-state index contributed by atoms with van der Waals surface area (Å²) in [7, 11) is -2.79. The Labute approximate surface area is 199 Å². The van der Waals surface area contributed by atoms with Crippen LogP contribution >= 0.6 is 7.26 Å². The van der Waals surface area contributed by atoms with Gasteiger partial charge < -0.3 is 18.1 Å². The molecule has 0 spiro atoms. The molecule has 1 amide bonds. The molecule has 7 heteroatoms. The van der Waals surface area contributed by atoms with E-state index in [1.807, 2.05) is 91.0 Å². The molecule has 166 valence electrons. The summed E-state index contributed by atoms with van der Waals surface area (Å²) in [5.74, 6) is -0.593. The predicted octanol–water partition coefficient (Wildman–Crippen LogP) is 1.12. The quantitative estimate of drug-likeness (QED) is 0.246. The summed E-state index contributed by atoms with van der Waals surface area (Å²) in [5.41, 5.74) is 5.40. The van der Waals surface area contributed by atoms with Crippen LogP contribution in [0.4, 0.5) is 5.69 Å². The normalized spacial score (nSPS) is 11.8. The van der Waals surface area contributed by atoms with Crippen LogP contribution in [-0.2, 0) is 4.79 Å². The van der Waals surface area contributed by atoms with Crippen molar-refractivity contribution in [3.63, 3.8) is 0 Å². The number of carbonyl (C=O) groups excluding carboxylic acids is 1. The fraction of sp³-hybridized carbons (Fsp3) is 0.0385. The molecular weight excluding hydrogens is 455 g/mol. The van der Waals surface area contributed by atoms with Gasteiger partial charge in [0.25, 0.3) is 11.6 Å². The maximum absolute atomic E-state index is 13.3. The Balaban J connectivity index is 0.00000306. The van der Waals surface area contributed by atoms with Crippen LogP contribution in [0.2, 0.25) is 0 Å². The first-order valence-electron chi connectivity index (χ1n) is 10.1. The highest BCUT2D eigenvalue weighted by atomic mass is 35.5. The molecular formula is C26H22ClN2O3P. The molecule has 4 aromatic rings. The number of primary amides is 1. The van der Waals surface area contributed by atoms with E-state index in [-0.39, 0.29) is 18.1 Å². The van der Waals surface area contributed by atoms with E-state index in [0.29, 0.717) is 5.56 Å². The minimum atomic E-state index is -2.79. The first-order valence-corrected chi connectivity index (χ1v) is 12.0. The SMILES string of the molecule is NC(=O)C(c1ccccc1[N+](=O)[O-])[P+](c1ccccc1)(c1ccccc1)c1ccccc1.[Cl-]. The monoisotopic (exact) mass is 476 g/mol. The summed E-state index contributed by atoms with van der Waals surface area (Å²) >= 11 is 0. The zero-order valence-electron chi connectivity index (χ0n) is 17.6. The zero-order chi connectivity index (χ0) is 22.6. The van der Waals surface area contributed by atoms with E-state index < -0.39 is 23.8 Å². The van der Waals surface area contributed by atoms with Crippen molar-refractivity contribution in [2.75, 3.05) is 0 Å². The average Bonchev–Trinajstić information content (AvgIpc) is 2.84. The zero-order valence-corrected chi connectivity index (χ0v) is 19.3. The summed E-state index contributed by atoms with van der Waals surface area (Å²) in [6, 6.07) is 35.6. The number of carbonyl (C=O) groups is 1. The lowest BCUT2D eigenvalue weighted by Gasteiger charge is -2.33. The third-order valence-electron chi connectivity index (χ3n) is 5.58. The van der Waals surface area contributed by atoms with Crippen molar-refractivity contribution in [3.8, 4) is 0 Å². The van der Waals surface area contributed by atoms with Gasteiger partial charge in [0.05, 0.1) is 10.5 Å². The molecule has 0 aliphatic rings.